The summed E-state index contributed by atoms with van der Waals surface area (Å²) in [6.07, 6.45) is 4.54. The number of aromatic nitrogens is 3. The number of benzene rings is 2. The van der Waals surface area contributed by atoms with E-state index in [9.17, 15) is 9.59 Å². The Morgan fingerprint density at radius 2 is 1.75 bits per heavy atom. The second-order valence-electron chi connectivity index (χ2n) is 7.69. The maximum absolute atomic E-state index is 13.2. The molecular formula is C25H26N4O2S. The van der Waals surface area contributed by atoms with Crippen molar-refractivity contribution in [2.45, 2.75) is 31.7 Å². The number of thioether (sulfide) groups is 1. The molecule has 6 nitrogen and oxygen atoms in total. The molecule has 0 spiro atoms. The SMILES string of the molecule is CSc1ccc(CCNC(=O)Cn2c(C)c3cnn(-c4ccccc4)c(=O)c3c2C)cc1. The van der Waals surface area contributed by atoms with Gasteiger partial charge < -0.3 is 9.88 Å². The summed E-state index contributed by atoms with van der Waals surface area (Å²) in [7, 11) is 0. The first-order valence-corrected chi connectivity index (χ1v) is 11.7. The molecule has 164 valence electrons. The molecule has 0 aliphatic rings. The molecule has 7 heteroatoms. The number of nitrogens with one attached hydrogen (secondary N) is 1. The highest BCUT2D eigenvalue weighted by Gasteiger charge is 2.18. The standard InChI is InChI=1S/C25H26N4O2S/c1-17-22-15-27-29(20-7-5-4-6-8-20)25(31)24(22)18(2)28(17)16-23(30)26-14-13-19-9-11-21(32-3)12-10-19/h4-12,15H,13-14,16H2,1-3H3,(H,26,30). The Morgan fingerprint density at radius 1 is 1.03 bits per heavy atom. The van der Waals surface area contributed by atoms with Crippen molar-refractivity contribution in [2.24, 2.45) is 0 Å². The molecule has 2 heterocycles. The highest BCUT2D eigenvalue weighted by atomic mass is 32.2. The van der Waals surface area contributed by atoms with Crippen molar-refractivity contribution in [3.63, 3.8) is 0 Å². The van der Waals surface area contributed by atoms with E-state index in [1.807, 2.05) is 48.7 Å². The van der Waals surface area contributed by atoms with E-state index in [1.165, 1.54) is 15.1 Å². The van der Waals surface area contributed by atoms with E-state index in [0.717, 1.165) is 23.2 Å². The molecule has 0 unspecified atom stereocenters. The minimum absolute atomic E-state index is 0.0754. The minimum atomic E-state index is -0.179. The van der Waals surface area contributed by atoms with Crippen molar-refractivity contribution in [3.05, 3.63) is 88.1 Å². The third-order valence-corrected chi connectivity index (χ3v) is 6.48. The molecule has 0 saturated carbocycles. The molecule has 0 fully saturated rings. The zero-order valence-corrected chi connectivity index (χ0v) is 19.3. The molecule has 1 amide bonds. The molecule has 0 radical (unpaired) electrons. The van der Waals surface area contributed by atoms with E-state index in [0.29, 0.717) is 17.6 Å². The number of amides is 1. The molecular weight excluding hydrogens is 420 g/mol. The van der Waals surface area contributed by atoms with Crippen LogP contribution in [0.15, 0.2) is 70.5 Å². The molecule has 0 aliphatic carbocycles. The van der Waals surface area contributed by atoms with Crippen molar-refractivity contribution in [1.29, 1.82) is 0 Å². The fraction of sp³-hybridized carbons (Fsp3) is 0.240. The Hall–Kier alpha value is -3.32. The molecule has 2 aromatic heterocycles. The maximum atomic E-state index is 13.2. The van der Waals surface area contributed by atoms with Crippen molar-refractivity contribution in [2.75, 3.05) is 12.8 Å². The van der Waals surface area contributed by atoms with Gasteiger partial charge in [-0.2, -0.15) is 9.78 Å². The summed E-state index contributed by atoms with van der Waals surface area (Å²) in [5.41, 5.74) is 3.37. The largest absolute Gasteiger partial charge is 0.354 e. The second kappa shape index (κ2) is 9.44. The van der Waals surface area contributed by atoms with Crippen LogP contribution in [0.1, 0.15) is 17.0 Å². The Morgan fingerprint density at radius 3 is 2.44 bits per heavy atom. The Bertz CT molecular complexity index is 1310. The molecule has 2 aromatic carbocycles. The van der Waals surface area contributed by atoms with Crippen molar-refractivity contribution in [1.82, 2.24) is 19.7 Å². The lowest BCUT2D eigenvalue weighted by Crippen LogP contribution is -2.30. The number of fused-ring (bicyclic) bond motifs is 1. The summed E-state index contributed by atoms with van der Waals surface area (Å²) in [4.78, 5) is 27.0. The highest BCUT2D eigenvalue weighted by Crippen LogP contribution is 2.22. The third kappa shape index (κ3) is 4.34. The van der Waals surface area contributed by atoms with Crippen molar-refractivity contribution >= 4 is 28.4 Å². The molecule has 4 aromatic rings. The van der Waals surface area contributed by atoms with Crippen LogP contribution in [0.4, 0.5) is 0 Å². The second-order valence-corrected chi connectivity index (χ2v) is 8.57. The van der Waals surface area contributed by atoms with Crippen molar-refractivity contribution in [3.8, 4) is 5.69 Å². The van der Waals surface area contributed by atoms with Crippen LogP contribution in [0, 0.1) is 13.8 Å². The highest BCUT2D eigenvalue weighted by molar-refractivity contribution is 7.98. The molecule has 32 heavy (non-hydrogen) atoms. The monoisotopic (exact) mass is 446 g/mol. The summed E-state index contributed by atoms with van der Waals surface area (Å²) in [6, 6.07) is 17.7. The first-order chi connectivity index (χ1) is 15.5. The van der Waals surface area contributed by atoms with Crippen molar-refractivity contribution < 1.29 is 4.79 Å². The van der Waals surface area contributed by atoms with Gasteiger partial charge in [0.05, 0.1) is 17.3 Å². The van der Waals surface area contributed by atoms with Crippen LogP contribution in [0.2, 0.25) is 0 Å². The van der Waals surface area contributed by atoms with Gasteiger partial charge in [0.25, 0.3) is 5.56 Å². The number of rotatable bonds is 7. The summed E-state index contributed by atoms with van der Waals surface area (Å²) in [6.45, 7) is 4.54. The number of carbonyl (C=O) groups excluding carboxylic acids is 1. The van der Waals surface area contributed by atoms with Gasteiger partial charge in [-0.05, 0) is 56.4 Å². The van der Waals surface area contributed by atoms with E-state index in [-0.39, 0.29) is 18.0 Å². The lowest BCUT2D eigenvalue weighted by molar-refractivity contribution is -0.121. The number of hydrogen-bond acceptors (Lipinski definition) is 4. The first kappa shape index (κ1) is 21.9. The van der Waals surface area contributed by atoms with E-state index in [1.54, 1.807) is 18.0 Å². The smallest absolute Gasteiger partial charge is 0.281 e. The van der Waals surface area contributed by atoms with Gasteiger partial charge in [-0.3, -0.25) is 9.59 Å². The van der Waals surface area contributed by atoms with Crippen LogP contribution in [-0.2, 0) is 17.8 Å². The summed E-state index contributed by atoms with van der Waals surface area (Å²) >= 11 is 1.71. The lowest BCUT2D eigenvalue weighted by atomic mass is 10.1. The number of aryl methyl sites for hydroxylation is 2. The van der Waals surface area contributed by atoms with E-state index in [4.69, 9.17) is 0 Å². The maximum Gasteiger partial charge on any atom is 0.281 e. The molecule has 0 aliphatic heterocycles. The van der Waals surface area contributed by atoms with Gasteiger partial charge in [0.2, 0.25) is 5.91 Å². The van der Waals surface area contributed by atoms with Crippen LogP contribution < -0.4 is 10.9 Å². The van der Waals surface area contributed by atoms with E-state index >= 15 is 0 Å². The topological polar surface area (TPSA) is 68.9 Å². The van der Waals surface area contributed by atoms with Crippen LogP contribution in [0.25, 0.3) is 16.5 Å². The number of hydrogen-bond donors (Lipinski definition) is 1. The molecule has 1 N–H and O–H groups in total. The van der Waals surface area contributed by atoms with E-state index < -0.39 is 0 Å². The fourth-order valence-electron chi connectivity index (χ4n) is 3.94. The Balaban J connectivity index is 1.50. The minimum Gasteiger partial charge on any atom is -0.354 e. The van der Waals surface area contributed by atoms with Gasteiger partial charge in [-0.1, -0.05) is 30.3 Å². The average Bonchev–Trinajstić information content (AvgIpc) is 3.05. The van der Waals surface area contributed by atoms with Crippen LogP contribution in [0.5, 0.6) is 0 Å². The first-order valence-electron chi connectivity index (χ1n) is 10.5. The molecule has 0 saturated heterocycles. The van der Waals surface area contributed by atoms with Gasteiger partial charge >= 0.3 is 0 Å². The zero-order chi connectivity index (χ0) is 22.7. The van der Waals surface area contributed by atoms with Gasteiger partial charge in [0, 0.05) is 28.2 Å². The average molecular weight is 447 g/mol. The third-order valence-electron chi connectivity index (χ3n) is 5.74. The van der Waals surface area contributed by atoms with Gasteiger partial charge in [0.15, 0.2) is 0 Å². The molecule has 0 atom stereocenters. The summed E-state index contributed by atoms with van der Waals surface area (Å²) < 4.78 is 3.30. The Kier molecular flexibility index (Phi) is 6.46. The quantitative estimate of drug-likeness (QED) is 0.438. The van der Waals surface area contributed by atoms with Crippen LogP contribution in [-0.4, -0.2) is 33.1 Å². The lowest BCUT2D eigenvalue weighted by Gasteiger charge is -2.10. The number of para-hydroxylation sites is 1. The van der Waals surface area contributed by atoms with Crippen LogP contribution in [0.3, 0.4) is 0 Å². The van der Waals surface area contributed by atoms with Gasteiger partial charge in [-0.25, -0.2) is 0 Å². The zero-order valence-electron chi connectivity index (χ0n) is 18.5. The predicted molar refractivity (Wildman–Crippen MR) is 130 cm³/mol. The normalized spacial score (nSPS) is 11.1. The van der Waals surface area contributed by atoms with Crippen LogP contribution >= 0.6 is 11.8 Å². The predicted octanol–water partition coefficient (Wildman–Crippen LogP) is 3.88. The number of carbonyl (C=O) groups is 1. The number of nitrogens with zero attached hydrogens (tertiary/aromatic N) is 3. The summed E-state index contributed by atoms with van der Waals surface area (Å²) in [5.74, 6) is -0.0754. The van der Waals surface area contributed by atoms with Gasteiger partial charge in [-0.15, -0.1) is 11.8 Å². The molecule has 0 bridgehead atoms. The van der Waals surface area contributed by atoms with E-state index in [2.05, 4.69) is 40.9 Å². The van der Waals surface area contributed by atoms with Gasteiger partial charge in [0.1, 0.15) is 6.54 Å². The molecule has 4 rings (SSSR count). The fourth-order valence-corrected chi connectivity index (χ4v) is 4.35. The summed E-state index contributed by atoms with van der Waals surface area (Å²) in [5, 5.41) is 8.73. The Labute approximate surface area is 191 Å².